The van der Waals surface area contributed by atoms with E-state index in [1.54, 1.807) is 17.4 Å². The monoisotopic (exact) mass is 261 g/mol. The molecule has 0 radical (unpaired) electrons. The smallest absolute Gasteiger partial charge is 0.249 e. The lowest BCUT2D eigenvalue weighted by molar-refractivity contribution is 0.1000. The second kappa shape index (κ2) is 5.18. The maximum Gasteiger partial charge on any atom is 0.249 e. The van der Waals surface area contributed by atoms with Crippen LogP contribution < -0.4 is 11.1 Å². The number of nitrogens with two attached hydrogens (primary N) is 1. The molecule has 18 heavy (non-hydrogen) atoms. The molecular formula is C13H15N3OS. The molecule has 94 valence electrons. The highest BCUT2D eigenvalue weighted by molar-refractivity contribution is 7.09. The summed E-state index contributed by atoms with van der Waals surface area (Å²) in [6, 6.07) is 5.49. The molecule has 0 spiro atoms. The van der Waals surface area contributed by atoms with Crippen molar-refractivity contribution in [3.8, 4) is 0 Å². The van der Waals surface area contributed by atoms with Crippen LogP contribution in [0.4, 0.5) is 5.69 Å². The van der Waals surface area contributed by atoms with Crippen molar-refractivity contribution in [3.63, 3.8) is 0 Å². The highest BCUT2D eigenvalue weighted by Crippen LogP contribution is 2.20. The number of hydrogen-bond acceptors (Lipinski definition) is 4. The summed E-state index contributed by atoms with van der Waals surface area (Å²) in [5.41, 5.74) is 8.68. The van der Waals surface area contributed by atoms with E-state index in [-0.39, 0.29) is 0 Å². The molecule has 0 saturated carbocycles. The van der Waals surface area contributed by atoms with E-state index in [1.807, 2.05) is 31.4 Å². The Hall–Kier alpha value is -1.88. The van der Waals surface area contributed by atoms with Crippen molar-refractivity contribution in [2.45, 2.75) is 20.4 Å². The molecule has 5 heteroatoms. The van der Waals surface area contributed by atoms with Crippen LogP contribution in [0.2, 0.25) is 0 Å². The van der Waals surface area contributed by atoms with Crippen molar-refractivity contribution in [3.05, 3.63) is 45.4 Å². The second-order valence-corrected chi connectivity index (χ2v) is 5.02. The van der Waals surface area contributed by atoms with Crippen molar-refractivity contribution < 1.29 is 4.79 Å². The van der Waals surface area contributed by atoms with Crippen LogP contribution in [-0.4, -0.2) is 10.9 Å². The number of primary amides is 1. The quantitative estimate of drug-likeness (QED) is 0.888. The van der Waals surface area contributed by atoms with Gasteiger partial charge in [-0.2, -0.15) is 0 Å². The summed E-state index contributed by atoms with van der Waals surface area (Å²) in [4.78, 5) is 15.6. The van der Waals surface area contributed by atoms with Crippen LogP contribution in [0.15, 0.2) is 23.6 Å². The molecule has 1 heterocycles. The van der Waals surface area contributed by atoms with Crippen molar-refractivity contribution >= 4 is 22.9 Å². The molecule has 0 saturated heterocycles. The van der Waals surface area contributed by atoms with Gasteiger partial charge in [0, 0.05) is 22.3 Å². The topological polar surface area (TPSA) is 68.0 Å². The van der Waals surface area contributed by atoms with Gasteiger partial charge in [0.05, 0.1) is 6.54 Å². The van der Waals surface area contributed by atoms with Crippen LogP contribution in [-0.2, 0) is 6.54 Å². The van der Waals surface area contributed by atoms with E-state index in [1.165, 1.54) is 0 Å². The summed E-state index contributed by atoms with van der Waals surface area (Å²) >= 11 is 1.62. The first-order chi connectivity index (χ1) is 8.58. The van der Waals surface area contributed by atoms with Crippen LogP contribution in [0.1, 0.15) is 26.6 Å². The zero-order valence-electron chi connectivity index (χ0n) is 10.4. The Labute approximate surface area is 110 Å². The van der Waals surface area contributed by atoms with Gasteiger partial charge in [-0.15, -0.1) is 11.3 Å². The van der Waals surface area contributed by atoms with Crippen LogP contribution in [0.25, 0.3) is 0 Å². The van der Waals surface area contributed by atoms with Crippen molar-refractivity contribution in [1.29, 1.82) is 0 Å². The number of amides is 1. The zero-order chi connectivity index (χ0) is 13.1. The minimum absolute atomic E-state index is 0.402. The Morgan fingerprint density at radius 1 is 1.44 bits per heavy atom. The summed E-state index contributed by atoms with van der Waals surface area (Å²) in [7, 11) is 0. The normalized spacial score (nSPS) is 10.3. The highest BCUT2D eigenvalue weighted by atomic mass is 32.1. The number of thiazole rings is 1. The number of aromatic nitrogens is 1. The summed E-state index contributed by atoms with van der Waals surface area (Å²) in [5, 5.41) is 6.32. The SMILES string of the molecule is Cc1csc(CNc2cccc(C(N)=O)c2C)n1. The van der Waals surface area contributed by atoms with Gasteiger partial charge in [0.1, 0.15) is 5.01 Å². The molecule has 0 fully saturated rings. The molecule has 4 nitrogen and oxygen atoms in total. The summed E-state index contributed by atoms with van der Waals surface area (Å²) < 4.78 is 0. The highest BCUT2D eigenvalue weighted by Gasteiger charge is 2.08. The molecule has 0 unspecified atom stereocenters. The van der Waals surface area contributed by atoms with Gasteiger partial charge >= 0.3 is 0 Å². The van der Waals surface area contributed by atoms with Crippen LogP contribution in [0.5, 0.6) is 0 Å². The number of rotatable bonds is 4. The Morgan fingerprint density at radius 2 is 2.22 bits per heavy atom. The Kier molecular flexibility index (Phi) is 3.62. The molecule has 2 aromatic rings. The minimum atomic E-state index is -0.402. The minimum Gasteiger partial charge on any atom is -0.378 e. The Morgan fingerprint density at radius 3 is 2.83 bits per heavy atom. The molecule has 0 atom stereocenters. The lowest BCUT2D eigenvalue weighted by Gasteiger charge is -2.10. The number of carbonyl (C=O) groups excluding carboxylic acids is 1. The molecule has 0 aliphatic heterocycles. The maximum atomic E-state index is 11.2. The van der Waals surface area contributed by atoms with E-state index < -0.39 is 5.91 Å². The van der Waals surface area contributed by atoms with Gasteiger partial charge < -0.3 is 11.1 Å². The first kappa shape index (κ1) is 12.6. The van der Waals surface area contributed by atoms with E-state index in [9.17, 15) is 4.79 Å². The van der Waals surface area contributed by atoms with Gasteiger partial charge in [0.15, 0.2) is 0 Å². The number of nitrogens with one attached hydrogen (secondary N) is 1. The van der Waals surface area contributed by atoms with E-state index >= 15 is 0 Å². The third-order valence-corrected chi connectivity index (χ3v) is 3.66. The number of anilines is 1. The van der Waals surface area contributed by atoms with Crippen LogP contribution in [0.3, 0.4) is 0 Å². The molecule has 1 aromatic carbocycles. The molecule has 2 rings (SSSR count). The molecule has 1 amide bonds. The third kappa shape index (κ3) is 2.68. The number of nitrogens with zero attached hydrogens (tertiary/aromatic N) is 1. The summed E-state index contributed by atoms with van der Waals surface area (Å²) in [6.45, 7) is 4.51. The molecule has 0 bridgehead atoms. The van der Waals surface area contributed by atoms with Crippen molar-refractivity contribution in [1.82, 2.24) is 4.98 Å². The van der Waals surface area contributed by atoms with Crippen LogP contribution >= 0.6 is 11.3 Å². The lowest BCUT2D eigenvalue weighted by Crippen LogP contribution is -2.13. The molecule has 0 aliphatic rings. The van der Waals surface area contributed by atoms with Crippen LogP contribution in [0, 0.1) is 13.8 Å². The maximum absolute atomic E-state index is 11.2. The van der Waals surface area contributed by atoms with E-state index in [2.05, 4.69) is 10.3 Å². The van der Waals surface area contributed by atoms with Gasteiger partial charge in [-0.25, -0.2) is 4.98 Å². The van der Waals surface area contributed by atoms with Gasteiger partial charge in [0.2, 0.25) is 5.91 Å². The summed E-state index contributed by atoms with van der Waals surface area (Å²) in [5.74, 6) is -0.402. The fraction of sp³-hybridized carbons (Fsp3) is 0.231. The third-order valence-electron chi connectivity index (χ3n) is 2.70. The fourth-order valence-corrected chi connectivity index (χ4v) is 2.46. The molecule has 3 N–H and O–H groups in total. The number of benzene rings is 1. The standard InChI is InChI=1S/C13H15N3OS/c1-8-7-18-12(16-8)6-15-11-5-3-4-10(9(11)2)13(14)17/h3-5,7,15H,6H2,1-2H3,(H2,14,17). The zero-order valence-corrected chi connectivity index (χ0v) is 11.2. The number of hydrogen-bond donors (Lipinski definition) is 2. The predicted octanol–water partition coefficient (Wildman–Crippen LogP) is 2.47. The van der Waals surface area contributed by atoms with E-state index in [0.717, 1.165) is 22.0 Å². The average Bonchev–Trinajstić information content (AvgIpc) is 2.73. The van der Waals surface area contributed by atoms with Gasteiger partial charge in [-0.05, 0) is 31.5 Å². The van der Waals surface area contributed by atoms with Crippen molar-refractivity contribution in [2.75, 3.05) is 5.32 Å². The van der Waals surface area contributed by atoms with E-state index in [0.29, 0.717) is 12.1 Å². The van der Waals surface area contributed by atoms with Gasteiger partial charge in [-0.1, -0.05) is 6.07 Å². The average molecular weight is 261 g/mol. The molecule has 1 aromatic heterocycles. The van der Waals surface area contributed by atoms with Gasteiger partial charge in [-0.3, -0.25) is 4.79 Å². The molecule has 0 aliphatic carbocycles. The second-order valence-electron chi connectivity index (χ2n) is 4.08. The first-order valence-corrected chi connectivity index (χ1v) is 6.50. The van der Waals surface area contributed by atoms with E-state index in [4.69, 9.17) is 5.73 Å². The first-order valence-electron chi connectivity index (χ1n) is 5.62. The van der Waals surface area contributed by atoms with Gasteiger partial charge in [0.25, 0.3) is 0 Å². The predicted molar refractivity (Wildman–Crippen MR) is 73.9 cm³/mol. The number of carbonyl (C=O) groups is 1. The Balaban J connectivity index is 2.14. The number of aryl methyl sites for hydroxylation is 1. The molecular weight excluding hydrogens is 246 g/mol. The fourth-order valence-electron chi connectivity index (χ4n) is 1.75. The lowest BCUT2D eigenvalue weighted by atomic mass is 10.1. The largest absolute Gasteiger partial charge is 0.378 e. The van der Waals surface area contributed by atoms with Crippen molar-refractivity contribution in [2.24, 2.45) is 5.73 Å². The Bertz CT molecular complexity index is 577. The summed E-state index contributed by atoms with van der Waals surface area (Å²) in [6.07, 6.45) is 0.